The van der Waals surface area contributed by atoms with Gasteiger partial charge in [-0.2, -0.15) is 0 Å². The maximum absolute atomic E-state index is 14.1. The fraction of sp³-hybridized carbons (Fsp3) is 0.296. The Morgan fingerprint density at radius 3 is 2.51 bits per heavy atom. The highest BCUT2D eigenvalue weighted by atomic mass is 19.1. The first-order valence-electron chi connectivity index (χ1n) is 11.8. The molecule has 0 spiro atoms. The molecule has 3 aromatic heterocycles. The number of piperidine rings is 1. The van der Waals surface area contributed by atoms with Crippen LogP contribution in [0.4, 0.5) is 10.2 Å². The highest BCUT2D eigenvalue weighted by Gasteiger charge is 2.27. The number of rotatable bonds is 5. The minimum absolute atomic E-state index is 0.109. The average molecular weight is 474 g/mol. The summed E-state index contributed by atoms with van der Waals surface area (Å²) >= 11 is 0. The zero-order valence-corrected chi connectivity index (χ0v) is 19.8. The third-order valence-corrected chi connectivity index (χ3v) is 7.28. The van der Waals surface area contributed by atoms with Crippen molar-refractivity contribution in [1.29, 1.82) is 0 Å². The number of hydrogen-bond donors (Lipinski definition) is 2. The predicted octanol–water partition coefficient (Wildman–Crippen LogP) is 5.00. The summed E-state index contributed by atoms with van der Waals surface area (Å²) in [6, 6.07) is 12.9. The van der Waals surface area contributed by atoms with E-state index in [4.69, 9.17) is 10.8 Å². The number of benzene rings is 1. The molecule has 3 N–H and O–H groups in total. The van der Waals surface area contributed by atoms with Crippen LogP contribution in [0.2, 0.25) is 0 Å². The molecule has 1 fully saturated rings. The number of anilines is 1. The number of nitrogen functional groups attached to an aromatic ring is 1. The number of nitrogens with two attached hydrogens (primary N) is 1. The van der Waals surface area contributed by atoms with Crippen LogP contribution >= 0.6 is 0 Å². The molecule has 1 saturated heterocycles. The lowest BCUT2D eigenvalue weighted by atomic mass is 9.88. The Morgan fingerprint density at radius 1 is 1.14 bits per heavy atom. The third-order valence-electron chi connectivity index (χ3n) is 7.28. The van der Waals surface area contributed by atoms with Crippen LogP contribution in [-0.4, -0.2) is 43.6 Å². The number of aromatic carboxylic acids is 1. The molecule has 1 aliphatic heterocycles. The van der Waals surface area contributed by atoms with Crippen molar-refractivity contribution in [2.45, 2.75) is 31.7 Å². The summed E-state index contributed by atoms with van der Waals surface area (Å²) in [4.78, 5) is 22.2. The summed E-state index contributed by atoms with van der Waals surface area (Å²) in [5.74, 6) is -1.11. The Morgan fingerprint density at radius 2 is 1.86 bits per heavy atom. The number of aromatic nitrogens is 3. The van der Waals surface area contributed by atoms with E-state index < -0.39 is 11.8 Å². The van der Waals surface area contributed by atoms with E-state index >= 15 is 0 Å². The smallest absolute Gasteiger partial charge is 0.335 e. The van der Waals surface area contributed by atoms with Crippen LogP contribution in [0.25, 0.3) is 22.2 Å². The molecule has 4 heterocycles. The van der Waals surface area contributed by atoms with Crippen molar-refractivity contribution in [3.8, 4) is 11.1 Å². The predicted molar refractivity (Wildman–Crippen MR) is 134 cm³/mol. The maximum Gasteiger partial charge on any atom is 0.335 e. The molecule has 0 aliphatic carbocycles. The van der Waals surface area contributed by atoms with Crippen molar-refractivity contribution in [2.24, 2.45) is 7.05 Å². The van der Waals surface area contributed by atoms with E-state index in [1.54, 1.807) is 24.5 Å². The summed E-state index contributed by atoms with van der Waals surface area (Å²) in [6.45, 7) is 4.10. The van der Waals surface area contributed by atoms with Crippen LogP contribution in [0, 0.1) is 5.82 Å². The molecule has 0 saturated carbocycles. The van der Waals surface area contributed by atoms with Gasteiger partial charge in [-0.15, -0.1) is 0 Å². The Balaban J connectivity index is 1.36. The van der Waals surface area contributed by atoms with Gasteiger partial charge in [0.1, 0.15) is 5.65 Å². The first-order chi connectivity index (χ1) is 16.8. The lowest BCUT2D eigenvalue weighted by Gasteiger charge is -2.36. The fourth-order valence-corrected chi connectivity index (χ4v) is 5.19. The van der Waals surface area contributed by atoms with Crippen LogP contribution in [0.1, 0.15) is 53.3 Å². The second-order valence-corrected chi connectivity index (χ2v) is 9.23. The standard InChI is InChI=1S/C27H28FN5O2/c1-16(33-11-8-18(9-12-33)17-3-5-19(6-4-17)27(34)35)24-14-22-21(7-10-30-26(22)32(24)2)20-13-23(28)25(29)31-15-20/h3-7,10,13-16,18H,8-9,11-12H2,1-2H3,(H2,29,31)(H,34,35)/t16-/m0/s1. The number of carboxylic acids is 1. The van der Waals surface area contributed by atoms with Gasteiger partial charge >= 0.3 is 5.97 Å². The van der Waals surface area contributed by atoms with Gasteiger partial charge in [0.05, 0.1) is 5.56 Å². The van der Waals surface area contributed by atoms with Crippen molar-refractivity contribution < 1.29 is 14.3 Å². The number of nitrogens with zero attached hydrogens (tertiary/aromatic N) is 4. The number of aryl methyl sites for hydroxylation is 1. The second-order valence-electron chi connectivity index (χ2n) is 9.23. The van der Waals surface area contributed by atoms with Gasteiger partial charge in [0.25, 0.3) is 0 Å². The molecule has 1 aliphatic rings. The average Bonchev–Trinajstić information content (AvgIpc) is 3.22. The van der Waals surface area contributed by atoms with Gasteiger partial charge in [-0.3, -0.25) is 4.90 Å². The third kappa shape index (κ3) is 4.25. The van der Waals surface area contributed by atoms with Crippen LogP contribution in [0.5, 0.6) is 0 Å². The fourth-order valence-electron chi connectivity index (χ4n) is 5.19. The normalized spacial score (nSPS) is 16.0. The first kappa shape index (κ1) is 23.0. The zero-order valence-electron chi connectivity index (χ0n) is 19.8. The quantitative estimate of drug-likeness (QED) is 0.424. The number of likely N-dealkylation sites (tertiary alicyclic amines) is 1. The number of hydrogen-bond acceptors (Lipinski definition) is 5. The summed E-state index contributed by atoms with van der Waals surface area (Å²) in [7, 11) is 2.02. The van der Waals surface area contributed by atoms with E-state index in [9.17, 15) is 9.18 Å². The molecule has 180 valence electrons. The van der Waals surface area contributed by atoms with E-state index in [0.29, 0.717) is 17.0 Å². The summed E-state index contributed by atoms with van der Waals surface area (Å²) in [5, 5.41) is 10.1. The summed E-state index contributed by atoms with van der Waals surface area (Å²) < 4.78 is 16.2. The molecule has 1 atom stereocenters. The monoisotopic (exact) mass is 473 g/mol. The Labute approximate surface area is 203 Å². The van der Waals surface area contributed by atoms with Gasteiger partial charge < -0.3 is 15.4 Å². The number of pyridine rings is 2. The van der Waals surface area contributed by atoms with Crippen molar-refractivity contribution in [3.63, 3.8) is 0 Å². The first-order valence-corrected chi connectivity index (χ1v) is 11.8. The molecular formula is C27H28FN5O2. The molecule has 1 aromatic carbocycles. The van der Waals surface area contributed by atoms with Crippen molar-refractivity contribution in [3.05, 3.63) is 77.5 Å². The Hall–Kier alpha value is -3.78. The number of fused-ring (bicyclic) bond motifs is 1. The zero-order chi connectivity index (χ0) is 24.7. The van der Waals surface area contributed by atoms with E-state index in [2.05, 4.69) is 32.4 Å². The van der Waals surface area contributed by atoms with Crippen molar-refractivity contribution >= 4 is 22.8 Å². The van der Waals surface area contributed by atoms with Gasteiger partial charge in [-0.25, -0.2) is 19.2 Å². The molecule has 8 heteroatoms. The van der Waals surface area contributed by atoms with Crippen LogP contribution in [0.3, 0.4) is 0 Å². The molecular weight excluding hydrogens is 445 g/mol. The SMILES string of the molecule is C[C@@H](c1cc2c(-c3cnc(N)c(F)c3)ccnc2n1C)N1CCC(c2ccc(C(=O)O)cc2)CC1. The highest BCUT2D eigenvalue weighted by molar-refractivity contribution is 5.94. The van der Waals surface area contributed by atoms with Crippen LogP contribution in [0.15, 0.2) is 54.9 Å². The minimum atomic E-state index is -0.898. The second kappa shape index (κ2) is 9.11. The lowest BCUT2D eigenvalue weighted by molar-refractivity contribution is 0.0697. The molecule has 5 rings (SSSR count). The number of halogens is 1. The largest absolute Gasteiger partial charge is 0.478 e. The summed E-state index contributed by atoms with van der Waals surface area (Å²) in [5.41, 5.74) is 10.6. The van der Waals surface area contributed by atoms with Crippen molar-refractivity contribution in [1.82, 2.24) is 19.4 Å². The van der Waals surface area contributed by atoms with Gasteiger partial charge in [-0.05, 0) is 80.2 Å². The van der Waals surface area contributed by atoms with E-state index in [0.717, 1.165) is 48.2 Å². The maximum atomic E-state index is 14.1. The van der Waals surface area contributed by atoms with Gasteiger partial charge in [-0.1, -0.05) is 12.1 Å². The minimum Gasteiger partial charge on any atom is -0.478 e. The highest BCUT2D eigenvalue weighted by Crippen LogP contribution is 2.36. The molecule has 7 nitrogen and oxygen atoms in total. The van der Waals surface area contributed by atoms with Crippen LogP contribution < -0.4 is 5.73 Å². The lowest BCUT2D eigenvalue weighted by Crippen LogP contribution is -2.35. The molecule has 0 bridgehead atoms. The number of carboxylic acid groups (broad SMARTS) is 1. The molecule has 4 aromatic rings. The summed E-state index contributed by atoms with van der Waals surface area (Å²) in [6.07, 6.45) is 5.36. The van der Waals surface area contributed by atoms with Crippen molar-refractivity contribution in [2.75, 3.05) is 18.8 Å². The molecule has 0 amide bonds. The number of carbonyl (C=O) groups is 1. The van der Waals surface area contributed by atoms with Crippen LogP contribution in [-0.2, 0) is 7.05 Å². The Kier molecular flexibility index (Phi) is 5.98. The molecule has 35 heavy (non-hydrogen) atoms. The topological polar surface area (TPSA) is 97.3 Å². The van der Waals surface area contributed by atoms with Gasteiger partial charge in [0.15, 0.2) is 11.6 Å². The van der Waals surface area contributed by atoms with E-state index in [-0.39, 0.29) is 11.9 Å². The molecule has 0 radical (unpaired) electrons. The van der Waals surface area contributed by atoms with E-state index in [1.807, 2.05) is 25.2 Å². The van der Waals surface area contributed by atoms with Gasteiger partial charge in [0.2, 0.25) is 0 Å². The Bertz CT molecular complexity index is 1390. The van der Waals surface area contributed by atoms with E-state index in [1.165, 1.54) is 11.6 Å². The van der Waals surface area contributed by atoms with Gasteiger partial charge in [0, 0.05) is 42.1 Å². The molecule has 0 unspecified atom stereocenters.